The highest BCUT2D eigenvalue weighted by Crippen LogP contribution is 2.44. The number of hydrogen-bond acceptors (Lipinski definition) is 2. The summed E-state index contributed by atoms with van der Waals surface area (Å²) in [6.07, 6.45) is 2.55. The molecule has 0 bridgehead atoms. The van der Waals surface area contributed by atoms with E-state index in [1.54, 1.807) is 0 Å². The van der Waals surface area contributed by atoms with Crippen LogP contribution >= 0.6 is 0 Å². The average Bonchev–Trinajstić information content (AvgIpc) is 2.12. The quantitative estimate of drug-likeness (QED) is 0.789. The fourth-order valence-corrected chi connectivity index (χ4v) is 2.13. The van der Waals surface area contributed by atoms with Crippen LogP contribution in [-0.4, -0.2) is 11.7 Å². The molecular formula is C11H13F2NO. The van der Waals surface area contributed by atoms with Crippen molar-refractivity contribution in [3.05, 3.63) is 29.3 Å². The van der Waals surface area contributed by atoms with Gasteiger partial charge < -0.3 is 10.8 Å². The summed E-state index contributed by atoms with van der Waals surface area (Å²) in [7, 11) is 0. The molecule has 0 saturated heterocycles. The molecule has 2 rings (SSSR count). The van der Waals surface area contributed by atoms with Crippen molar-refractivity contribution in [2.75, 3.05) is 6.54 Å². The van der Waals surface area contributed by atoms with Gasteiger partial charge in [0, 0.05) is 18.0 Å². The van der Waals surface area contributed by atoms with Crippen molar-refractivity contribution < 1.29 is 13.9 Å². The Balaban J connectivity index is 2.47. The van der Waals surface area contributed by atoms with Crippen LogP contribution in [0.5, 0.6) is 5.75 Å². The Morgan fingerprint density at radius 1 is 1.27 bits per heavy atom. The highest BCUT2D eigenvalue weighted by molar-refractivity contribution is 5.36. The second kappa shape index (κ2) is 3.45. The first kappa shape index (κ1) is 10.4. The number of phenols is 1. The Kier molecular flexibility index (Phi) is 2.38. The standard InChI is InChI=1S/C11H13F2NO/c12-8-5-10(15)9(13)4-7(8)11(6-14)2-1-3-11/h4-5,15H,1-3,6,14H2. The minimum Gasteiger partial charge on any atom is -0.505 e. The lowest BCUT2D eigenvalue weighted by atomic mass is 9.64. The Hall–Kier alpha value is -1.16. The zero-order chi connectivity index (χ0) is 11.1. The van der Waals surface area contributed by atoms with Crippen molar-refractivity contribution in [3.8, 4) is 5.75 Å². The van der Waals surface area contributed by atoms with E-state index < -0.39 is 22.8 Å². The van der Waals surface area contributed by atoms with Gasteiger partial charge in [0.15, 0.2) is 11.6 Å². The van der Waals surface area contributed by atoms with Crippen LogP contribution in [0.3, 0.4) is 0 Å². The second-order valence-corrected chi connectivity index (χ2v) is 4.12. The summed E-state index contributed by atoms with van der Waals surface area (Å²) in [4.78, 5) is 0. The molecule has 0 aliphatic heterocycles. The number of phenolic OH excluding ortho intramolecular Hbond substituents is 1. The van der Waals surface area contributed by atoms with Gasteiger partial charge in [-0.15, -0.1) is 0 Å². The summed E-state index contributed by atoms with van der Waals surface area (Å²) in [6, 6.07) is 1.89. The topological polar surface area (TPSA) is 46.2 Å². The maximum absolute atomic E-state index is 13.6. The molecule has 1 aliphatic carbocycles. The highest BCUT2D eigenvalue weighted by atomic mass is 19.1. The van der Waals surface area contributed by atoms with Gasteiger partial charge in [0.1, 0.15) is 5.82 Å². The summed E-state index contributed by atoms with van der Waals surface area (Å²) in [6.45, 7) is 0.314. The van der Waals surface area contributed by atoms with Gasteiger partial charge in [-0.1, -0.05) is 6.42 Å². The van der Waals surface area contributed by atoms with Gasteiger partial charge in [-0.2, -0.15) is 0 Å². The maximum Gasteiger partial charge on any atom is 0.165 e. The summed E-state index contributed by atoms with van der Waals surface area (Å²) in [5.74, 6) is -2.01. The first-order chi connectivity index (χ1) is 7.09. The summed E-state index contributed by atoms with van der Waals surface area (Å²) in [5.41, 5.74) is 5.49. The average molecular weight is 213 g/mol. The van der Waals surface area contributed by atoms with Crippen molar-refractivity contribution in [2.24, 2.45) is 5.73 Å². The fraction of sp³-hybridized carbons (Fsp3) is 0.455. The van der Waals surface area contributed by atoms with E-state index in [2.05, 4.69) is 0 Å². The molecule has 15 heavy (non-hydrogen) atoms. The molecule has 1 aliphatic rings. The molecule has 0 atom stereocenters. The molecule has 1 aromatic rings. The molecule has 4 heteroatoms. The molecule has 0 amide bonds. The molecule has 2 nitrogen and oxygen atoms in total. The third kappa shape index (κ3) is 1.49. The lowest BCUT2D eigenvalue weighted by Gasteiger charge is -2.41. The van der Waals surface area contributed by atoms with E-state index in [0.29, 0.717) is 12.1 Å². The zero-order valence-corrected chi connectivity index (χ0v) is 8.26. The van der Waals surface area contributed by atoms with Gasteiger partial charge in [0.25, 0.3) is 0 Å². The summed E-state index contributed by atoms with van der Waals surface area (Å²) < 4.78 is 26.7. The Bertz CT molecular complexity index is 383. The number of halogens is 2. The van der Waals surface area contributed by atoms with Gasteiger partial charge in [-0.3, -0.25) is 0 Å². The van der Waals surface area contributed by atoms with E-state index in [0.717, 1.165) is 31.4 Å². The molecule has 3 N–H and O–H groups in total. The van der Waals surface area contributed by atoms with Crippen LogP contribution in [0.4, 0.5) is 8.78 Å². The number of benzene rings is 1. The van der Waals surface area contributed by atoms with Crippen LogP contribution in [-0.2, 0) is 5.41 Å². The molecule has 0 heterocycles. The van der Waals surface area contributed by atoms with Crippen LogP contribution in [0.15, 0.2) is 12.1 Å². The highest BCUT2D eigenvalue weighted by Gasteiger charge is 2.39. The fourth-order valence-electron chi connectivity index (χ4n) is 2.13. The monoisotopic (exact) mass is 213 g/mol. The van der Waals surface area contributed by atoms with Crippen LogP contribution in [0, 0.1) is 11.6 Å². The Labute approximate surface area is 86.7 Å². The second-order valence-electron chi connectivity index (χ2n) is 4.12. The van der Waals surface area contributed by atoms with Crippen LogP contribution in [0.1, 0.15) is 24.8 Å². The maximum atomic E-state index is 13.6. The molecule has 1 aromatic carbocycles. The third-order valence-electron chi connectivity index (χ3n) is 3.31. The molecular weight excluding hydrogens is 200 g/mol. The largest absolute Gasteiger partial charge is 0.505 e. The molecule has 1 fully saturated rings. The van der Waals surface area contributed by atoms with Gasteiger partial charge in [-0.05, 0) is 24.5 Å². The normalized spacial score (nSPS) is 18.6. The lowest BCUT2D eigenvalue weighted by molar-refractivity contribution is 0.243. The van der Waals surface area contributed by atoms with E-state index in [1.807, 2.05) is 0 Å². The zero-order valence-electron chi connectivity index (χ0n) is 8.26. The van der Waals surface area contributed by atoms with Gasteiger partial charge >= 0.3 is 0 Å². The van der Waals surface area contributed by atoms with Crippen molar-refractivity contribution in [1.82, 2.24) is 0 Å². The van der Waals surface area contributed by atoms with Crippen molar-refractivity contribution in [3.63, 3.8) is 0 Å². The predicted octanol–water partition coefficient (Wildman–Crippen LogP) is 2.05. The molecule has 0 radical (unpaired) electrons. The van der Waals surface area contributed by atoms with Crippen LogP contribution in [0.25, 0.3) is 0 Å². The minimum atomic E-state index is -0.786. The summed E-state index contributed by atoms with van der Waals surface area (Å²) >= 11 is 0. The van der Waals surface area contributed by atoms with Gasteiger partial charge in [-0.25, -0.2) is 8.78 Å². The first-order valence-electron chi connectivity index (χ1n) is 4.98. The van der Waals surface area contributed by atoms with Crippen molar-refractivity contribution >= 4 is 0 Å². The van der Waals surface area contributed by atoms with Crippen molar-refractivity contribution in [1.29, 1.82) is 0 Å². The number of hydrogen-bond donors (Lipinski definition) is 2. The minimum absolute atomic E-state index is 0.298. The first-order valence-corrected chi connectivity index (χ1v) is 4.98. The lowest BCUT2D eigenvalue weighted by Crippen LogP contribution is -2.42. The van der Waals surface area contributed by atoms with E-state index in [4.69, 9.17) is 10.8 Å². The Morgan fingerprint density at radius 2 is 1.93 bits per heavy atom. The summed E-state index contributed by atoms with van der Waals surface area (Å²) in [5, 5.41) is 9.01. The molecule has 0 aromatic heterocycles. The Morgan fingerprint density at radius 3 is 2.40 bits per heavy atom. The van der Waals surface area contributed by atoms with Crippen molar-refractivity contribution in [2.45, 2.75) is 24.7 Å². The SMILES string of the molecule is NCC1(c2cc(F)c(O)cc2F)CCC1. The number of aromatic hydroxyl groups is 1. The van der Waals surface area contributed by atoms with Gasteiger partial charge in [0.2, 0.25) is 0 Å². The van der Waals surface area contributed by atoms with Crippen LogP contribution in [0.2, 0.25) is 0 Å². The number of nitrogens with two attached hydrogens (primary N) is 1. The third-order valence-corrected chi connectivity index (χ3v) is 3.31. The molecule has 1 saturated carbocycles. The van der Waals surface area contributed by atoms with E-state index in [-0.39, 0.29) is 0 Å². The van der Waals surface area contributed by atoms with E-state index >= 15 is 0 Å². The molecule has 82 valence electrons. The van der Waals surface area contributed by atoms with E-state index in [1.165, 1.54) is 0 Å². The van der Waals surface area contributed by atoms with Crippen LogP contribution < -0.4 is 5.73 Å². The predicted molar refractivity (Wildman–Crippen MR) is 52.6 cm³/mol. The molecule has 0 spiro atoms. The van der Waals surface area contributed by atoms with E-state index in [9.17, 15) is 8.78 Å². The number of rotatable bonds is 2. The smallest absolute Gasteiger partial charge is 0.165 e. The molecule has 0 unspecified atom stereocenters. The van der Waals surface area contributed by atoms with Gasteiger partial charge in [0.05, 0.1) is 0 Å².